The lowest BCUT2D eigenvalue weighted by Gasteiger charge is -2.58. The van der Waals surface area contributed by atoms with Crippen molar-refractivity contribution in [2.45, 2.75) is 160 Å². The molecule has 0 aromatic heterocycles. The third-order valence-electron chi connectivity index (χ3n) is 11.1. The maximum atomic E-state index is 3.82. The van der Waals surface area contributed by atoms with Crippen molar-refractivity contribution in [3.63, 3.8) is 0 Å². The molecule has 4 aliphatic carbocycles. The van der Waals surface area contributed by atoms with E-state index in [-0.39, 0.29) is 0 Å². The highest BCUT2D eigenvalue weighted by molar-refractivity contribution is 5.31. The maximum Gasteiger partial charge on any atom is 0.00412 e. The van der Waals surface area contributed by atoms with Crippen LogP contribution < -0.4 is 5.32 Å². The fraction of sp³-hybridized carbons (Fsp3) is 0.892. The van der Waals surface area contributed by atoms with Crippen LogP contribution in [0.2, 0.25) is 0 Å². The Morgan fingerprint density at radius 1 is 1.00 bits per heavy atom. The van der Waals surface area contributed by atoms with Gasteiger partial charge in [0, 0.05) is 6.04 Å². The molecule has 1 nitrogen and oxygen atoms in total. The van der Waals surface area contributed by atoms with Crippen molar-refractivity contribution in [2.75, 3.05) is 6.54 Å². The Bertz CT molecular complexity index is 772. The zero-order chi connectivity index (χ0) is 28.7. The fourth-order valence-corrected chi connectivity index (χ4v) is 9.29. The maximum absolute atomic E-state index is 3.82. The third-order valence-corrected chi connectivity index (χ3v) is 11.1. The highest BCUT2D eigenvalue weighted by Crippen LogP contribution is 2.67. The van der Waals surface area contributed by atoms with E-state index in [9.17, 15) is 0 Å². The van der Waals surface area contributed by atoms with Gasteiger partial charge in [-0.1, -0.05) is 99.0 Å². The highest BCUT2D eigenvalue weighted by Gasteiger charge is 2.57. The van der Waals surface area contributed by atoms with E-state index in [4.69, 9.17) is 0 Å². The van der Waals surface area contributed by atoms with Crippen LogP contribution in [0, 0.1) is 45.8 Å². The summed E-state index contributed by atoms with van der Waals surface area (Å²) in [5.41, 5.74) is 5.21. The van der Waals surface area contributed by atoms with E-state index in [0.717, 1.165) is 36.1 Å². The number of nitrogens with one attached hydrogen (secondary N) is 1. The lowest BCUT2D eigenvalue weighted by molar-refractivity contribution is -0.000540. The Hall–Kier alpha value is -0.560. The number of fused-ring (bicyclic) bond motifs is 5. The monoisotopic (exact) mass is 528 g/mol. The molecule has 222 valence electrons. The standard InChI is InChI=1S/C32H55N.C3H8.C2H6/c1-9-24(15-19-33-23(4)20-22(2)3)27-12-13-28-26-11-10-25-21-30(5,6)17-18-31(25,7)29(26)14-16-32(27,28)8;1-3-2;1-2/h9,14,22-23,25-28,33H,10-13,15-21H2,1-8H3;3H2,1-2H3;1-2H3/b24-9-;;/t23-,25+,26+,27-,28+,31+,32?;;/m1../s1. The van der Waals surface area contributed by atoms with Crippen LogP contribution >= 0.6 is 0 Å². The van der Waals surface area contributed by atoms with E-state index in [1.54, 1.807) is 5.57 Å². The summed E-state index contributed by atoms with van der Waals surface area (Å²) >= 11 is 0. The van der Waals surface area contributed by atoms with E-state index in [1.165, 1.54) is 70.6 Å². The van der Waals surface area contributed by atoms with Gasteiger partial charge in [-0.25, -0.2) is 0 Å². The van der Waals surface area contributed by atoms with Gasteiger partial charge in [0.2, 0.25) is 0 Å². The van der Waals surface area contributed by atoms with E-state index in [2.05, 4.69) is 86.7 Å². The summed E-state index contributed by atoms with van der Waals surface area (Å²) in [5.74, 6) is 4.29. The summed E-state index contributed by atoms with van der Waals surface area (Å²) < 4.78 is 0. The SMILES string of the molecule is C/C=C(/CCN[C@H](C)CC(C)C)[C@H]1CC[C@H]2[C@@H]3CC[C@H]4CC(C)(C)CC[C@]4(C)C3=CCC12C.CC.CCC. The van der Waals surface area contributed by atoms with Gasteiger partial charge in [0.15, 0.2) is 0 Å². The van der Waals surface area contributed by atoms with E-state index < -0.39 is 0 Å². The van der Waals surface area contributed by atoms with Gasteiger partial charge >= 0.3 is 0 Å². The van der Waals surface area contributed by atoms with Crippen molar-refractivity contribution in [1.29, 1.82) is 0 Å². The molecule has 7 atom stereocenters. The zero-order valence-corrected chi connectivity index (χ0v) is 28.1. The van der Waals surface area contributed by atoms with Crippen LogP contribution in [0.1, 0.15) is 154 Å². The molecule has 1 unspecified atom stereocenters. The molecule has 0 amide bonds. The lowest BCUT2D eigenvalue weighted by atomic mass is 9.46. The smallest absolute Gasteiger partial charge is 0.00412 e. The summed E-state index contributed by atoms with van der Waals surface area (Å²) in [6.07, 6.45) is 20.5. The summed E-state index contributed by atoms with van der Waals surface area (Å²) in [6, 6.07) is 0.631. The van der Waals surface area contributed by atoms with Gasteiger partial charge in [0.25, 0.3) is 0 Å². The first kappa shape index (κ1) is 33.6. The van der Waals surface area contributed by atoms with Crippen LogP contribution in [0.3, 0.4) is 0 Å². The van der Waals surface area contributed by atoms with Crippen molar-refractivity contribution >= 4 is 0 Å². The molecule has 1 N–H and O–H groups in total. The summed E-state index contributed by atoms with van der Waals surface area (Å²) in [7, 11) is 0. The van der Waals surface area contributed by atoms with Gasteiger partial charge in [0.1, 0.15) is 0 Å². The van der Waals surface area contributed by atoms with E-state index >= 15 is 0 Å². The third kappa shape index (κ3) is 7.39. The second-order valence-electron chi connectivity index (χ2n) is 15.1. The molecule has 0 heterocycles. The Morgan fingerprint density at radius 3 is 2.26 bits per heavy atom. The predicted molar refractivity (Wildman–Crippen MR) is 172 cm³/mol. The summed E-state index contributed by atoms with van der Waals surface area (Å²) in [4.78, 5) is 0. The molecule has 38 heavy (non-hydrogen) atoms. The molecule has 1 heteroatoms. The molecule has 0 aromatic rings. The molecule has 3 saturated carbocycles. The van der Waals surface area contributed by atoms with Crippen LogP contribution in [0.15, 0.2) is 23.3 Å². The lowest BCUT2D eigenvalue weighted by Crippen LogP contribution is -2.49. The van der Waals surface area contributed by atoms with Gasteiger partial charge in [-0.15, -0.1) is 0 Å². The molecule has 0 spiro atoms. The van der Waals surface area contributed by atoms with Gasteiger partial charge in [-0.3, -0.25) is 0 Å². The van der Waals surface area contributed by atoms with Crippen LogP contribution in [-0.4, -0.2) is 12.6 Å². The van der Waals surface area contributed by atoms with Crippen LogP contribution in [-0.2, 0) is 0 Å². The molecule has 0 radical (unpaired) electrons. The van der Waals surface area contributed by atoms with Crippen molar-refractivity contribution in [1.82, 2.24) is 5.32 Å². The Labute approximate surface area is 240 Å². The topological polar surface area (TPSA) is 12.0 Å². The molecule has 0 aromatic carbocycles. The first-order valence-corrected chi connectivity index (χ1v) is 17.0. The first-order valence-electron chi connectivity index (χ1n) is 17.0. The zero-order valence-electron chi connectivity index (χ0n) is 28.1. The second kappa shape index (κ2) is 14.4. The molecule has 0 bridgehead atoms. The first-order chi connectivity index (χ1) is 17.9. The predicted octanol–water partition coefficient (Wildman–Crippen LogP) is 11.4. The molecule has 3 fully saturated rings. The minimum absolute atomic E-state index is 0.483. The van der Waals surface area contributed by atoms with Crippen LogP contribution in [0.4, 0.5) is 0 Å². The quantitative estimate of drug-likeness (QED) is 0.325. The van der Waals surface area contributed by atoms with Gasteiger partial charge in [-0.05, 0) is 130 Å². The van der Waals surface area contributed by atoms with Crippen molar-refractivity contribution in [3.05, 3.63) is 23.3 Å². The van der Waals surface area contributed by atoms with E-state index in [1.807, 2.05) is 19.4 Å². The summed E-state index contributed by atoms with van der Waals surface area (Å²) in [6.45, 7) is 29.1. The Balaban J connectivity index is 0.000000947. The minimum atomic E-state index is 0.483. The molecular weight excluding hydrogens is 458 g/mol. The Morgan fingerprint density at radius 2 is 1.66 bits per heavy atom. The second-order valence-corrected chi connectivity index (χ2v) is 15.1. The highest BCUT2D eigenvalue weighted by atomic mass is 14.9. The fourth-order valence-electron chi connectivity index (χ4n) is 9.29. The number of allylic oxidation sites excluding steroid dienone is 3. The molecule has 0 saturated heterocycles. The summed E-state index contributed by atoms with van der Waals surface area (Å²) in [5, 5.41) is 3.82. The number of hydrogen-bond acceptors (Lipinski definition) is 1. The minimum Gasteiger partial charge on any atom is -0.314 e. The molecule has 4 aliphatic rings. The number of hydrogen-bond donors (Lipinski definition) is 1. The largest absolute Gasteiger partial charge is 0.314 e. The van der Waals surface area contributed by atoms with Crippen LogP contribution in [0.5, 0.6) is 0 Å². The van der Waals surface area contributed by atoms with Gasteiger partial charge in [-0.2, -0.15) is 0 Å². The normalized spacial score (nSPS) is 36.4. The average Bonchev–Trinajstić information content (AvgIpc) is 3.20. The molecular formula is C37H69N. The van der Waals surface area contributed by atoms with Crippen molar-refractivity contribution < 1.29 is 0 Å². The van der Waals surface area contributed by atoms with E-state index in [0.29, 0.717) is 22.3 Å². The molecule has 0 aliphatic heterocycles. The number of rotatable bonds is 7. The average molecular weight is 528 g/mol. The van der Waals surface area contributed by atoms with Crippen LogP contribution in [0.25, 0.3) is 0 Å². The van der Waals surface area contributed by atoms with Gasteiger partial charge in [0.05, 0.1) is 0 Å². The molecule has 4 rings (SSSR count). The van der Waals surface area contributed by atoms with Crippen molar-refractivity contribution in [2.24, 2.45) is 45.8 Å². The van der Waals surface area contributed by atoms with Gasteiger partial charge < -0.3 is 5.32 Å². The Kier molecular flexibility index (Phi) is 12.7. The van der Waals surface area contributed by atoms with Crippen molar-refractivity contribution in [3.8, 4) is 0 Å².